The normalized spacial score (nSPS) is 16.9. The van der Waals surface area contributed by atoms with Gasteiger partial charge in [0.2, 0.25) is 15.9 Å². The van der Waals surface area contributed by atoms with Crippen LogP contribution in [-0.4, -0.2) is 30.8 Å². The highest BCUT2D eigenvalue weighted by Gasteiger charge is 2.31. The molecule has 0 bridgehead atoms. The number of anilines is 1. The lowest BCUT2D eigenvalue weighted by Gasteiger charge is -2.20. The number of nitrogens with one attached hydrogen (secondary N) is 1. The number of hydrogen-bond donors (Lipinski definition) is 1. The maximum atomic E-state index is 12.1. The average Bonchev–Trinajstić information content (AvgIpc) is 3.07. The van der Waals surface area contributed by atoms with Gasteiger partial charge in [0, 0.05) is 19.0 Å². The maximum Gasteiger partial charge on any atom is 0.240 e. The van der Waals surface area contributed by atoms with Crippen molar-refractivity contribution in [2.24, 2.45) is 5.10 Å². The van der Waals surface area contributed by atoms with Crippen molar-refractivity contribution in [3.63, 3.8) is 0 Å². The van der Waals surface area contributed by atoms with E-state index >= 15 is 0 Å². The summed E-state index contributed by atoms with van der Waals surface area (Å²) < 4.78 is 26.2. The van der Waals surface area contributed by atoms with Gasteiger partial charge in [-0.05, 0) is 37.1 Å². The number of benzene rings is 2. The smallest absolute Gasteiger partial charge is 0.240 e. The molecule has 3 rings (SSSR count). The molecule has 0 aromatic heterocycles. The number of nitrogens with zero attached hydrogens (tertiary/aromatic N) is 2. The lowest BCUT2D eigenvalue weighted by Crippen LogP contribution is -2.24. The average molecular weight is 385 g/mol. The van der Waals surface area contributed by atoms with Gasteiger partial charge in [-0.3, -0.25) is 9.52 Å². The first-order valence-corrected chi connectivity index (χ1v) is 10.5. The summed E-state index contributed by atoms with van der Waals surface area (Å²) in [5, 5.41) is 6.03. The molecule has 27 heavy (non-hydrogen) atoms. The summed E-state index contributed by atoms with van der Waals surface area (Å²) >= 11 is 0. The number of hydrogen-bond acceptors (Lipinski definition) is 4. The monoisotopic (exact) mass is 385 g/mol. The van der Waals surface area contributed by atoms with E-state index in [9.17, 15) is 13.2 Å². The van der Waals surface area contributed by atoms with Crippen molar-refractivity contribution in [1.82, 2.24) is 5.01 Å². The second kappa shape index (κ2) is 7.52. The fourth-order valence-electron chi connectivity index (χ4n) is 3.13. The quantitative estimate of drug-likeness (QED) is 0.856. The third kappa shape index (κ3) is 4.36. The Morgan fingerprint density at radius 1 is 1.22 bits per heavy atom. The standard InChI is InChI=1S/C20H23N3O3S/c1-4-27(25,26)22-18-10-6-8-16(12-18)19-13-20(23(21-19)15(3)24)17-9-5-7-14(2)11-17/h5-12,20,22H,4,13H2,1-3H3/t20-/m1/s1. The second-order valence-corrected chi connectivity index (χ2v) is 8.64. The van der Waals surface area contributed by atoms with Crippen LogP contribution in [0.5, 0.6) is 0 Å². The van der Waals surface area contributed by atoms with Crippen LogP contribution >= 0.6 is 0 Å². The van der Waals surface area contributed by atoms with Crippen molar-refractivity contribution in [2.45, 2.75) is 33.2 Å². The lowest BCUT2D eigenvalue weighted by molar-refractivity contribution is -0.130. The van der Waals surface area contributed by atoms with Gasteiger partial charge in [-0.2, -0.15) is 5.10 Å². The summed E-state index contributed by atoms with van der Waals surface area (Å²) in [6.45, 7) is 5.10. The van der Waals surface area contributed by atoms with Crippen molar-refractivity contribution < 1.29 is 13.2 Å². The number of sulfonamides is 1. The zero-order valence-electron chi connectivity index (χ0n) is 15.6. The van der Waals surface area contributed by atoms with Crippen LogP contribution in [-0.2, 0) is 14.8 Å². The molecular formula is C20H23N3O3S. The van der Waals surface area contributed by atoms with E-state index in [1.54, 1.807) is 25.1 Å². The summed E-state index contributed by atoms with van der Waals surface area (Å²) in [6.07, 6.45) is 0.576. The van der Waals surface area contributed by atoms with Crippen LogP contribution in [0.1, 0.15) is 43.0 Å². The molecule has 142 valence electrons. The third-order valence-corrected chi connectivity index (χ3v) is 5.82. The predicted octanol–water partition coefficient (Wildman–Crippen LogP) is 3.45. The van der Waals surface area contributed by atoms with E-state index < -0.39 is 10.0 Å². The third-order valence-electron chi connectivity index (χ3n) is 4.51. The molecule has 0 spiro atoms. The van der Waals surface area contributed by atoms with Crippen LogP contribution in [0.3, 0.4) is 0 Å². The van der Waals surface area contributed by atoms with E-state index in [1.807, 2.05) is 31.2 Å². The summed E-state index contributed by atoms with van der Waals surface area (Å²) in [5.74, 6) is -0.120. The number of carbonyl (C=O) groups is 1. The molecule has 1 heterocycles. The van der Waals surface area contributed by atoms with Crippen molar-refractivity contribution in [2.75, 3.05) is 10.5 Å². The topological polar surface area (TPSA) is 78.8 Å². The van der Waals surface area contributed by atoms with Crippen molar-refractivity contribution >= 4 is 27.3 Å². The molecule has 1 aliphatic rings. The Morgan fingerprint density at radius 2 is 1.96 bits per heavy atom. The Balaban J connectivity index is 1.91. The summed E-state index contributed by atoms with van der Waals surface area (Å²) in [7, 11) is -3.35. The highest BCUT2D eigenvalue weighted by atomic mass is 32.2. The van der Waals surface area contributed by atoms with Gasteiger partial charge < -0.3 is 0 Å². The first-order valence-electron chi connectivity index (χ1n) is 8.84. The van der Waals surface area contributed by atoms with Gasteiger partial charge in [-0.15, -0.1) is 0 Å². The van der Waals surface area contributed by atoms with Crippen LogP contribution in [0, 0.1) is 6.92 Å². The molecule has 1 aliphatic heterocycles. The van der Waals surface area contributed by atoms with E-state index in [4.69, 9.17) is 0 Å². The number of aryl methyl sites for hydroxylation is 1. The number of carbonyl (C=O) groups excluding carboxylic acids is 1. The fourth-order valence-corrected chi connectivity index (χ4v) is 3.76. The summed E-state index contributed by atoms with van der Waals surface area (Å²) in [6, 6.07) is 15.0. The summed E-state index contributed by atoms with van der Waals surface area (Å²) in [5.41, 5.74) is 4.21. The van der Waals surface area contributed by atoms with Gasteiger partial charge >= 0.3 is 0 Å². The van der Waals surface area contributed by atoms with Crippen molar-refractivity contribution in [1.29, 1.82) is 0 Å². The molecule has 1 atom stereocenters. The minimum Gasteiger partial charge on any atom is -0.284 e. The molecule has 0 saturated heterocycles. The Labute approximate surface area is 159 Å². The Kier molecular flexibility index (Phi) is 5.32. The zero-order chi connectivity index (χ0) is 19.6. The first-order chi connectivity index (χ1) is 12.8. The molecule has 0 radical (unpaired) electrons. The molecule has 0 unspecified atom stereocenters. The minimum atomic E-state index is -3.35. The van der Waals surface area contributed by atoms with Crippen LogP contribution in [0.4, 0.5) is 5.69 Å². The molecule has 6 nitrogen and oxygen atoms in total. The highest BCUT2D eigenvalue weighted by Crippen LogP contribution is 2.33. The van der Waals surface area contributed by atoms with Gasteiger partial charge in [-0.25, -0.2) is 13.4 Å². The number of hydrazone groups is 1. The second-order valence-electron chi connectivity index (χ2n) is 6.63. The predicted molar refractivity (Wildman–Crippen MR) is 107 cm³/mol. The molecule has 1 amide bonds. The van der Waals surface area contributed by atoms with Crippen LogP contribution in [0.2, 0.25) is 0 Å². The lowest BCUT2D eigenvalue weighted by atomic mass is 9.97. The zero-order valence-corrected chi connectivity index (χ0v) is 16.5. The Morgan fingerprint density at radius 3 is 2.63 bits per heavy atom. The summed E-state index contributed by atoms with van der Waals surface area (Å²) in [4.78, 5) is 12.1. The van der Waals surface area contributed by atoms with Gasteiger partial charge in [0.15, 0.2) is 0 Å². The molecule has 2 aromatic rings. The molecule has 1 N–H and O–H groups in total. The van der Waals surface area contributed by atoms with Gasteiger partial charge in [-0.1, -0.05) is 42.0 Å². The maximum absolute atomic E-state index is 12.1. The van der Waals surface area contributed by atoms with Crippen LogP contribution in [0.25, 0.3) is 0 Å². The molecule has 2 aromatic carbocycles. The molecule has 0 aliphatic carbocycles. The number of amides is 1. The molecule has 0 saturated carbocycles. The minimum absolute atomic E-state index is 0.00568. The van der Waals surface area contributed by atoms with Crippen LogP contribution in [0.15, 0.2) is 53.6 Å². The largest absolute Gasteiger partial charge is 0.284 e. The van der Waals surface area contributed by atoms with Gasteiger partial charge in [0.25, 0.3) is 0 Å². The SMILES string of the molecule is CCS(=O)(=O)Nc1cccc(C2=NN(C(C)=O)[C@@H](c3cccc(C)c3)C2)c1. The van der Waals surface area contributed by atoms with E-state index in [0.717, 1.165) is 22.4 Å². The van der Waals surface area contributed by atoms with E-state index in [2.05, 4.69) is 15.9 Å². The van der Waals surface area contributed by atoms with Crippen molar-refractivity contribution in [3.8, 4) is 0 Å². The van der Waals surface area contributed by atoms with Crippen molar-refractivity contribution in [3.05, 3.63) is 65.2 Å². The number of rotatable bonds is 5. The van der Waals surface area contributed by atoms with E-state index in [-0.39, 0.29) is 17.7 Å². The van der Waals surface area contributed by atoms with E-state index in [0.29, 0.717) is 12.1 Å². The Bertz CT molecular complexity index is 999. The first kappa shape index (κ1) is 19.1. The van der Waals surface area contributed by atoms with E-state index in [1.165, 1.54) is 11.9 Å². The van der Waals surface area contributed by atoms with Crippen LogP contribution < -0.4 is 4.72 Å². The fraction of sp³-hybridized carbons (Fsp3) is 0.300. The molecular weight excluding hydrogens is 362 g/mol. The van der Waals surface area contributed by atoms with Gasteiger partial charge in [0.05, 0.1) is 17.5 Å². The highest BCUT2D eigenvalue weighted by molar-refractivity contribution is 7.92. The molecule has 7 heteroatoms. The molecule has 0 fully saturated rings. The Hall–Kier alpha value is -2.67. The van der Waals surface area contributed by atoms with Gasteiger partial charge in [0.1, 0.15) is 0 Å².